The van der Waals surface area contributed by atoms with Gasteiger partial charge in [0.2, 0.25) is 5.13 Å². The number of nitrogens with one attached hydrogen (secondary N) is 2. The first-order valence-electron chi connectivity index (χ1n) is 7.26. The molecule has 124 valence electrons. The van der Waals surface area contributed by atoms with E-state index >= 15 is 0 Å². The fourth-order valence-corrected chi connectivity index (χ4v) is 2.60. The summed E-state index contributed by atoms with van der Waals surface area (Å²) in [6.45, 7) is 2.65. The van der Waals surface area contributed by atoms with E-state index in [4.69, 9.17) is 9.15 Å². The second-order valence-electron chi connectivity index (χ2n) is 4.98. The largest absolute Gasteiger partial charge is 0.467 e. The van der Waals surface area contributed by atoms with Crippen LogP contribution in [0, 0.1) is 6.92 Å². The van der Waals surface area contributed by atoms with Gasteiger partial charge in [-0.2, -0.15) is 0 Å². The molecular weight excluding hydrogens is 328 g/mol. The number of anilines is 2. The SMILES string of the molecule is Cc1nnc(NC(=O)Nc2cccc(COCc3ccco3)c2)s1. The Morgan fingerprint density at radius 1 is 1.21 bits per heavy atom. The number of amides is 2. The number of hydrogen-bond acceptors (Lipinski definition) is 6. The van der Waals surface area contributed by atoms with E-state index in [1.54, 1.807) is 12.3 Å². The number of hydrogen-bond donors (Lipinski definition) is 2. The summed E-state index contributed by atoms with van der Waals surface area (Å²) in [6, 6.07) is 10.8. The molecule has 0 aliphatic rings. The summed E-state index contributed by atoms with van der Waals surface area (Å²) in [4.78, 5) is 11.9. The molecule has 0 aliphatic heterocycles. The minimum Gasteiger partial charge on any atom is -0.467 e. The summed E-state index contributed by atoms with van der Waals surface area (Å²) < 4.78 is 10.8. The minimum atomic E-state index is -0.361. The Labute approximate surface area is 142 Å². The van der Waals surface area contributed by atoms with Crippen molar-refractivity contribution in [1.82, 2.24) is 10.2 Å². The van der Waals surface area contributed by atoms with Crippen LogP contribution < -0.4 is 10.6 Å². The number of ether oxygens (including phenoxy) is 1. The zero-order valence-corrected chi connectivity index (χ0v) is 13.8. The predicted octanol–water partition coefficient (Wildman–Crippen LogP) is 3.80. The lowest BCUT2D eigenvalue weighted by Gasteiger charge is -2.08. The Morgan fingerprint density at radius 2 is 2.12 bits per heavy atom. The van der Waals surface area contributed by atoms with Crippen LogP contribution in [0.1, 0.15) is 16.3 Å². The van der Waals surface area contributed by atoms with Crippen LogP contribution >= 0.6 is 11.3 Å². The van der Waals surface area contributed by atoms with E-state index in [0.29, 0.717) is 24.0 Å². The lowest BCUT2D eigenvalue weighted by Crippen LogP contribution is -2.19. The Bertz CT molecular complexity index is 801. The van der Waals surface area contributed by atoms with Gasteiger partial charge >= 0.3 is 6.03 Å². The van der Waals surface area contributed by atoms with Gasteiger partial charge in [-0.1, -0.05) is 23.5 Å². The van der Waals surface area contributed by atoms with E-state index in [0.717, 1.165) is 16.3 Å². The van der Waals surface area contributed by atoms with E-state index in [9.17, 15) is 4.79 Å². The summed E-state index contributed by atoms with van der Waals surface area (Å²) in [5, 5.41) is 14.4. The molecule has 2 N–H and O–H groups in total. The number of benzene rings is 1. The van der Waals surface area contributed by atoms with Gasteiger partial charge in [-0.05, 0) is 36.8 Å². The molecule has 2 aromatic heterocycles. The molecule has 0 saturated carbocycles. The Kier molecular flexibility index (Phi) is 5.19. The first-order chi connectivity index (χ1) is 11.7. The Hall–Kier alpha value is -2.71. The third kappa shape index (κ3) is 4.64. The van der Waals surface area contributed by atoms with E-state index in [2.05, 4.69) is 20.8 Å². The number of carbonyl (C=O) groups is 1. The van der Waals surface area contributed by atoms with Crippen molar-refractivity contribution in [3.63, 3.8) is 0 Å². The van der Waals surface area contributed by atoms with Gasteiger partial charge in [0.1, 0.15) is 17.4 Å². The quantitative estimate of drug-likeness (QED) is 0.710. The summed E-state index contributed by atoms with van der Waals surface area (Å²) in [5.74, 6) is 0.774. The molecule has 0 unspecified atom stereocenters. The fraction of sp³-hybridized carbons (Fsp3) is 0.188. The molecule has 0 saturated heterocycles. The molecule has 2 heterocycles. The molecule has 0 bridgehead atoms. The van der Waals surface area contributed by atoms with E-state index in [-0.39, 0.29) is 6.03 Å². The zero-order chi connectivity index (χ0) is 16.8. The van der Waals surface area contributed by atoms with Gasteiger partial charge < -0.3 is 14.5 Å². The van der Waals surface area contributed by atoms with Crippen molar-refractivity contribution in [2.75, 3.05) is 10.6 Å². The van der Waals surface area contributed by atoms with Crippen molar-refractivity contribution < 1.29 is 13.9 Å². The van der Waals surface area contributed by atoms with Crippen LogP contribution in [0.5, 0.6) is 0 Å². The van der Waals surface area contributed by atoms with Gasteiger partial charge in [0.15, 0.2) is 0 Å². The second kappa shape index (κ2) is 7.71. The monoisotopic (exact) mass is 344 g/mol. The molecule has 2 amide bonds. The van der Waals surface area contributed by atoms with Gasteiger partial charge in [-0.3, -0.25) is 5.32 Å². The summed E-state index contributed by atoms with van der Waals surface area (Å²) >= 11 is 1.32. The summed E-state index contributed by atoms with van der Waals surface area (Å²) in [5.41, 5.74) is 1.62. The van der Waals surface area contributed by atoms with Crippen molar-refractivity contribution in [1.29, 1.82) is 0 Å². The highest BCUT2D eigenvalue weighted by Crippen LogP contribution is 2.16. The number of furan rings is 1. The lowest BCUT2D eigenvalue weighted by molar-refractivity contribution is 0.0930. The maximum atomic E-state index is 11.9. The van der Waals surface area contributed by atoms with Crippen molar-refractivity contribution in [3.05, 3.63) is 59.0 Å². The maximum Gasteiger partial charge on any atom is 0.325 e. The average Bonchev–Trinajstić information content (AvgIpc) is 3.19. The molecule has 0 fully saturated rings. The minimum absolute atomic E-state index is 0.361. The third-order valence-electron chi connectivity index (χ3n) is 3.02. The maximum absolute atomic E-state index is 11.9. The van der Waals surface area contributed by atoms with Gasteiger partial charge in [0, 0.05) is 5.69 Å². The fourth-order valence-electron chi connectivity index (χ4n) is 2.01. The molecule has 7 nitrogen and oxygen atoms in total. The Morgan fingerprint density at radius 3 is 2.88 bits per heavy atom. The highest BCUT2D eigenvalue weighted by Gasteiger charge is 2.07. The molecule has 0 aliphatic carbocycles. The lowest BCUT2D eigenvalue weighted by atomic mass is 10.2. The molecule has 8 heteroatoms. The average molecular weight is 344 g/mol. The van der Waals surface area contributed by atoms with E-state index < -0.39 is 0 Å². The standard InChI is InChI=1S/C16H16N4O3S/c1-11-19-20-16(24-11)18-15(21)17-13-5-2-4-12(8-13)9-22-10-14-6-3-7-23-14/h2-8H,9-10H2,1H3,(H2,17,18,20,21). The van der Waals surface area contributed by atoms with Crippen LogP contribution in [0.3, 0.4) is 0 Å². The molecule has 24 heavy (non-hydrogen) atoms. The van der Waals surface area contributed by atoms with E-state index in [1.807, 2.05) is 37.3 Å². The van der Waals surface area contributed by atoms with Crippen molar-refractivity contribution in [2.45, 2.75) is 20.1 Å². The highest BCUT2D eigenvalue weighted by molar-refractivity contribution is 7.15. The van der Waals surface area contributed by atoms with Gasteiger partial charge in [-0.25, -0.2) is 4.79 Å². The van der Waals surface area contributed by atoms with Crippen molar-refractivity contribution in [3.8, 4) is 0 Å². The van der Waals surface area contributed by atoms with Crippen LogP contribution in [0.15, 0.2) is 47.1 Å². The van der Waals surface area contributed by atoms with Crippen molar-refractivity contribution >= 4 is 28.2 Å². The van der Waals surface area contributed by atoms with E-state index in [1.165, 1.54) is 11.3 Å². The molecule has 1 aromatic carbocycles. The van der Waals surface area contributed by atoms with Crippen LogP contribution in [0.4, 0.5) is 15.6 Å². The first kappa shape index (κ1) is 16.2. The number of aromatic nitrogens is 2. The molecule has 0 atom stereocenters. The predicted molar refractivity (Wildman–Crippen MR) is 90.9 cm³/mol. The normalized spacial score (nSPS) is 10.5. The van der Waals surface area contributed by atoms with Gasteiger partial charge in [-0.15, -0.1) is 10.2 Å². The molecule has 0 spiro atoms. The second-order valence-corrected chi connectivity index (χ2v) is 6.16. The molecule has 3 rings (SSSR count). The van der Waals surface area contributed by atoms with Crippen molar-refractivity contribution in [2.24, 2.45) is 0 Å². The van der Waals surface area contributed by atoms with Gasteiger partial charge in [0.05, 0.1) is 12.9 Å². The number of aryl methyl sites for hydroxylation is 1. The van der Waals surface area contributed by atoms with Gasteiger partial charge in [0.25, 0.3) is 0 Å². The zero-order valence-electron chi connectivity index (χ0n) is 13.0. The molecular formula is C16H16N4O3S. The van der Waals surface area contributed by atoms with Crippen LogP contribution in [-0.4, -0.2) is 16.2 Å². The van der Waals surface area contributed by atoms with Crippen LogP contribution in [0.25, 0.3) is 0 Å². The van der Waals surface area contributed by atoms with Crippen LogP contribution in [0.2, 0.25) is 0 Å². The topological polar surface area (TPSA) is 89.3 Å². The van der Waals surface area contributed by atoms with Crippen LogP contribution in [-0.2, 0) is 18.0 Å². The molecule has 0 radical (unpaired) electrons. The summed E-state index contributed by atoms with van der Waals surface area (Å²) in [7, 11) is 0. The number of urea groups is 1. The number of carbonyl (C=O) groups excluding carboxylic acids is 1. The Balaban J connectivity index is 1.51. The highest BCUT2D eigenvalue weighted by atomic mass is 32.1. The number of rotatable bonds is 6. The molecule has 3 aromatic rings. The first-order valence-corrected chi connectivity index (χ1v) is 8.08. The third-order valence-corrected chi connectivity index (χ3v) is 3.78. The summed E-state index contributed by atoms with van der Waals surface area (Å²) in [6.07, 6.45) is 1.61. The number of nitrogens with zero attached hydrogens (tertiary/aromatic N) is 2. The smallest absolute Gasteiger partial charge is 0.325 e.